The predicted molar refractivity (Wildman–Crippen MR) is 92.0 cm³/mol. The fourth-order valence-electron chi connectivity index (χ4n) is 2.11. The van der Waals surface area contributed by atoms with Gasteiger partial charge in [-0.1, -0.05) is 6.07 Å². The van der Waals surface area contributed by atoms with Crippen LogP contribution in [0.2, 0.25) is 0 Å². The number of carbonyl (C=O) groups is 2. The topological polar surface area (TPSA) is 165 Å². The number of hydrogen-bond donors (Lipinski definition) is 3. The lowest BCUT2D eigenvalue weighted by atomic mass is 10.1. The molecule has 0 aliphatic carbocycles. The van der Waals surface area contributed by atoms with Gasteiger partial charge in [0.05, 0.1) is 16.4 Å². The zero-order chi connectivity index (χ0) is 20.0. The Kier molecular flexibility index (Phi) is 5.99. The van der Waals surface area contributed by atoms with Gasteiger partial charge in [-0.15, -0.1) is 0 Å². The Balaban J connectivity index is 1.90. The largest absolute Gasteiger partial charge is 0.508 e. The number of hydrogen-bond acceptors (Lipinski definition) is 7. The third-order valence-corrected chi connectivity index (χ3v) is 3.48. The van der Waals surface area contributed by atoms with E-state index >= 15 is 0 Å². The second-order valence-corrected chi connectivity index (χ2v) is 5.34. The molecule has 0 spiro atoms. The molecule has 140 valence electrons. The Bertz CT molecular complexity index is 913. The molecule has 11 nitrogen and oxygen atoms in total. The zero-order valence-electron chi connectivity index (χ0n) is 13.7. The average Bonchev–Trinajstić information content (AvgIpc) is 2.65. The lowest BCUT2D eigenvalue weighted by Gasteiger charge is -2.08. The average molecular weight is 374 g/mol. The number of phenols is 1. The molecule has 0 unspecified atom stereocenters. The highest BCUT2D eigenvalue weighted by molar-refractivity contribution is 5.96. The van der Waals surface area contributed by atoms with E-state index in [1.807, 2.05) is 0 Å². The molecule has 0 heterocycles. The van der Waals surface area contributed by atoms with Crippen LogP contribution in [0.1, 0.15) is 15.9 Å². The second-order valence-electron chi connectivity index (χ2n) is 5.34. The van der Waals surface area contributed by atoms with E-state index in [0.717, 1.165) is 24.3 Å². The molecule has 0 atom stereocenters. The van der Waals surface area contributed by atoms with Gasteiger partial charge in [0.1, 0.15) is 5.75 Å². The van der Waals surface area contributed by atoms with Gasteiger partial charge in [-0.2, -0.15) is 0 Å². The third kappa shape index (κ3) is 5.22. The van der Waals surface area contributed by atoms with Gasteiger partial charge < -0.3 is 15.7 Å². The van der Waals surface area contributed by atoms with Crippen molar-refractivity contribution in [3.8, 4) is 5.75 Å². The summed E-state index contributed by atoms with van der Waals surface area (Å²) >= 11 is 0. The number of phenolic OH excluding ortho intramolecular Hbond substituents is 1. The Morgan fingerprint density at radius 2 is 1.63 bits per heavy atom. The van der Waals surface area contributed by atoms with Crippen molar-refractivity contribution in [2.75, 3.05) is 6.54 Å². The molecule has 2 aromatic rings. The standard InChI is InChI=1S/C16H14N4O7/c21-14-5-4-13(20(26)27)7-11(14)8-17-15(22)9-18-16(23)10-2-1-3-12(6-10)19(24)25/h1-7,21H,8-9H2,(H,17,22)(H,18,23). The first-order valence-electron chi connectivity index (χ1n) is 7.53. The summed E-state index contributed by atoms with van der Waals surface area (Å²) in [5, 5.41) is 35.8. The number of amides is 2. The molecule has 3 N–H and O–H groups in total. The van der Waals surface area contributed by atoms with Crippen LogP contribution in [0.5, 0.6) is 5.75 Å². The van der Waals surface area contributed by atoms with Gasteiger partial charge in [-0.25, -0.2) is 0 Å². The van der Waals surface area contributed by atoms with Crippen molar-refractivity contribution in [2.24, 2.45) is 0 Å². The molecule has 0 aliphatic heterocycles. The van der Waals surface area contributed by atoms with Gasteiger partial charge in [0.15, 0.2) is 0 Å². The SMILES string of the molecule is O=C(CNC(=O)c1cccc([N+](=O)[O-])c1)NCc1cc([N+](=O)[O-])ccc1O. The van der Waals surface area contributed by atoms with E-state index < -0.39 is 28.2 Å². The highest BCUT2D eigenvalue weighted by atomic mass is 16.6. The molecule has 0 aromatic heterocycles. The van der Waals surface area contributed by atoms with Crippen LogP contribution in [0.3, 0.4) is 0 Å². The summed E-state index contributed by atoms with van der Waals surface area (Å²) in [4.78, 5) is 43.9. The number of rotatable bonds is 7. The molecule has 0 saturated heterocycles. The number of carbonyl (C=O) groups excluding carboxylic acids is 2. The van der Waals surface area contributed by atoms with Crippen molar-refractivity contribution in [1.29, 1.82) is 0 Å². The summed E-state index contributed by atoms with van der Waals surface area (Å²) < 4.78 is 0. The Hall–Kier alpha value is -4.02. The van der Waals surface area contributed by atoms with Crippen LogP contribution >= 0.6 is 0 Å². The molecule has 11 heteroatoms. The number of nitrogens with zero attached hydrogens (tertiary/aromatic N) is 2. The highest BCUT2D eigenvalue weighted by Crippen LogP contribution is 2.22. The molecule has 0 fully saturated rings. The summed E-state index contributed by atoms with van der Waals surface area (Å²) in [6, 6.07) is 8.41. The summed E-state index contributed by atoms with van der Waals surface area (Å²) in [5.74, 6) is -1.51. The molecule has 0 radical (unpaired) electrons. The number of aromatic hydroxyl groups is 1. The maximum absolute atomic E-state index is 11.9. The lowest BCUT2D eigenvalue weighted by molar-refractivity contribution is -0.385. The van der Waals surface area contributed by atoms with E-state index in [1.165, 1.54) is 18.2 Å². The molecular weight excluding hydrogens is 360 g/mol. The number of nitro groups is 2. The molecule has 2 rings (SSSR count). The number of nitro benzene ring substituents is 2. The van der Waals surface area contributed by atoms with Crippen molar-refractivity contribution in [3.05, 3.63) is 73.8 Å². The molecule has 2 aromatic carbocycles. The minimum atomic E-state index is -0.674. The van der Waals surface area contributed by atoms with Crippen LogP contribution in [-0.4, -0.2) is 33.3 Å². The quantitative estimate of drug-likeness (QED) is 0.484. The van der Waals surface area contributed by atoms with Crippen LogP contribution in [0, 0.1) is 20.2 Å². The molecule has 0 bridgehead atoms. The van der Waals surface area contributed by atoms with Crippen LogP contribution in [0.15, 0.2) is 42.5 Å². The fourth-order valence-corrected chi connectivity index (χ4v) is 2.11. The van der Waals surface area contributed by atoms with E-state index in [4.69, 9.17) is 0 Å². The number of nitrogens with one attached hydrogen (secondary N) is 2. The van der Waals surface area contributed by atoms with Gasteiger partial charge >= 0.3 is 0 Å². The summed E-state index contributed by atoms with van der Waals surface area (Å²) in [5.41, 5.74) is -0.333. The Labute approximate surface area is 151 Å². The fraction of sp³-hybridized carbons (Fsp3) is 0.125. The van der Waals surface area contributed by atoms with Crippen LogP contribution in [-0.2, 0) is 11.3 Å². The summed E-state index contributed by atoms with van der Waals surface area (Å²) in [6.45, 7) is -0.601. The summed E-state index contributed by atoms with van der Waals surface area (Å²) in [7, 11) is 0. The van der Waals surface area contributed by atoms with E-state index in [-0.39, 0.29) is 34.8 Å². The van der Waals surface area contributed by atoms with Gasteiger partial charge in [-0.05, 0) is 12.1 Å². The van der Waals surface area contributed by atoms with E-state index in [1.54, 1.807) is 0 Å². The van der Waals surface area contributed by atoms with Crippen molar-refractivity contribution >= 4 is 23.2 Å². The Morgan fingerprint density at radius 3 is 2.30 bits per heavy atom. The van der Waals surface area contributed by atoms with E-state index in [0.29, 0.717) is 0 Å². The monoisotopic (exact) mass is 374 g/mol. The zero-order valence-corrected chi connectivity index (χ0v) is 13.7. The normalized spacial score (nSPS) is 10.1. The maximum Gasteiger partial charge on any atom is 0.270 e. The first-order valence-corrected chi connectivity index (χ1v) is 7.53. The molecule has 27 heavy (non-hydrogen) atoms. The smallest absolute Gasteiger partial charge is 0.270 e. The van der Waals surface area contributed by atoms with Gasteiger partial charge in [0.2, 0.25) is 5.91 Å². The van der Waals surface area contributed by atoms with Crippen LogP contribution in [0.25, 0.3) is 0 Å². The van der Waals surface area contributed by atoms with Gasteiger partial charge in [0, 0.05) is 41.9 Å². The minimum absolute atomic E-state index is 0.0216. The molecular formula is C16H14N4O7. The van der Waals surface area contributed by atoms with Crippen molar-refractivity contribution < 1.29 is 24.5 Å². The van der Waals surface area contributed by atoms with E-state index in [2.05, 4.69) is 10.6 Å². The first kappa shape index (κ1) is 19.3. The summed E-state index contributed by atoms with van der Waals surface area (Å²) in [6.07, 6.45) is 0. The van der Waals surface area contributed by atoms with Gasteiger partial charge in [0.25, 0.3) is 17.3 Å². The highest BCUT2D eigenvalue weighted by Gasteiger charge is 2.14. The third-order valence-electron chi connectivity index (χ3n) is 3.48. The maximum atomic E-state index is 11.9. The van der Waals surface area contributed by atoms with Gasteiger partial charge in [-0.3, -0.25) is 29.8 Å². The van der Waals surface area contributed by atoms with E-state index in [9.17, 15) is 34.9 Å². The minimum Gasteiger partial charge on any atom is -0.508 e. The number of non-ortho nitro benzene ring substituents is 2. The van der Waals surface area contributed by atoms with Crippen LogP contribution < -0.4 is 10.6 Å². The molecule has 2 amide bonds. The Morgan fingerprint density at radius 1 is 0.963 bits per heavy atom. The molecule has 0 saturated carbocycles. The van der Waals surface area contributed by atoms with Crippen molar-refractivity contribution in [1.82, 2.24) is 10.6 Å². The van der Waals surface area contributed by atoms with Crippen molar-refractivity contribution in [3.63, 3.8) is 0 Å². The number of benzene rings is 2. The lowest BCUT2D eigenvalue weighted by Crippen LogP contribution is -2.36. The molecule has 0 aliphatic rings. The van der Waals surface area contributed by atoms with Crippen molar-refractivity contribution in [2.45, 2.75) is 6.54 Å². The van der Waals surface area contributed by atoms with Crippen LogP contribution in [0.4, 0.5) is 11.4 Å². The first-order chi connectivity index (χ1) is 12.8. The second kappa shape index (κ2) is 8.38. The predicted octanol–water partition coefficient (Wildman–Crippen LogP) is 1.25.